The highest BCUT2D eigenvalue weighted by Crippen LogP contribution is 2.19. The van der Waals surface area contributed by atoms with E-state index < -0.39 is 12.1 Å². The second-order valence-electron chi connectivity index (χ2n) is 24.9. The van der Waals surface area contributed by atoms with Gasteiger partial charge in [-0.25, -0.2) is 0 Å². The maximum Gasteiger partial charge on any atom is 0.305 e. The SMILES string of the molecule is CCCCC/C=C\C/C=C\CCCCCCCCCCCC(=O)OCCCCCCCCCCCCCCCCCCCCCCCCC(=O)NC(CO)C(O)/C=C/CCCCCCCCCCCCCCCCCCCCCC. The monoisotopic (exact) mass is 1120 g/mol. The number of esters is 1. The average molecular weight is 1120 g/mol. The van der Waals surface area contributed by atoms with Gasteiger partial charge in [0, 0.05) is 12.8 Å². The zero-order valence-corrected chi connectivity index (χ0v) is 54.1. The van der Waals surface area contributed by atoms with E-state index in [1.807, 2.05) is 6.08 Å². The van der Waals surface area contributed by atoms with E-state index in [1.165, 1.54) is 321 Å². The van der Waals surface area contributed by atoms with Crippen LogP contribution in [0.2, 0.25) is 0 Å². The minimum absolute atomic E-state index is 0.00968. The molecule has 2 unspecified atom stereocenters. The van der Waals surface area contributed by atoms with Crippen LogP contribution in [-0.4, -0.2) is 47.4 Å². The summed E-state index contributed by atoms with van der Waals surface area (Å²) in [5.41, 5.74) is 0. The number of carbonyl (C=O) groups is 2. The van der Waals surface area contributed by atoms with Crippen LogP contribution in [0.25, 0.3) is 0 Å². The predicted octanol–water partition coefficient (Wildman–Crippen LogP) is 23.5. The smallest absolute Gasteiger partial charge is 0.305 e. The number of ether oxygens (including phenoxy) is 1. The lowest BCUT2D eigenvalue weighted by atomic mass is 10.0. The Bertz CT molecular complexity index is 1300. The molecule has 80 heavy (non-hydrogen) atoms. The van der Waals surface area contributed by atoms with Crippen molar-refractivity contribution in [3.63, 3.8) is 0 Å². The van der Waals surface area contributed by atoms with Gasteiger partial charge in [0.2, 0.25) is 5.91 Å². The van der Waals surface area contributed by atoms with Crippen molar-refractivity contribution in [2.45, 2.75) is 411 Å². The Hall–Kier alpha value is -1.92. The summed E-state index contributed by atoms with van der Waals surface area (Å²) < 4.78 is 5.51. The Morgan fingerprint density at radius 2 is 0.625 bits per heavy atom. The minimum atomic E-state index is -0.846. The Balaban J connectivity index is 3.40. The molecule has 0 saturated heterocycles. The molecule has 472 valence electrons. The second-order valence-corrected chi connectivity index (χ2v) is 24.9. The molecule has 0 aromatic heterocycles. The topological polar surface area (TPSA) is 95.9 Å². The van der Waals surface area contributed by atoms with E-state index >= 15 is 0 Å². The summed E-state index contributed by atoms with van der Waals surface area (Å²) in [6.45, 7) is 4.91. The van der Waals surface area contributed by atoms with Crippen LogP contribution in [0.4, 0.5) is 0 Å². The molecule has 0 bridgehead atoms. The third kappa shape index (κ3) is 65.2. The third-order valence-electron chi connectivity index (χ3n) is 16.9. The predicted molar refractivity (Wildman–Crippen MR) is 352 cm³/mol. The lowest BCUT2D eigenvalue weighted by molar-refractivity contribution is -0.143. The van der Waals surface area contributed by atoms with Gasteiger partial charge in [-0.1, -0.05) is 359 Å². The van der Waals surface area contributed by atoms with E-state index in [9.17, 15) is 19.8 Å². The molecule has 6 heteroatoms. The van der Waals surface area contributed by atoms with Crippen molar-refractivity contribution >= 4 is 11.9 Å². The molecule has 0 fully saturated rings. The van der Waals surface area contributed by atoms with Crippen LogP contribution in [0.5, 0.6) is 0 Å². The van der Waals surface area contributed by atoms with Gasteiger partial charge in [-0.05, 0) is 64.2 Å². The highest BCUT2D eigenvalue weighted by atomic mass is 16.5. The van der Waals surface area contributed by atoms with Crippen molar-refractivity contribution < 1.29 is 24.5 Å². The Labute approximate surface area is 500 Å². The molecule has 1 amide bonds. The highest BCUT2D eigenvalue weighted by molar-refractivity contribution is 5.76. The molecule has 0 saturated carbocycles. The Morgan fingerprint density at radius 3 is 0.975 bits per heavy atom. The van der Waals surface area contributed by atoms with E-state index in [-0.39, 0.29) is 18.5 Å². The van der Waals surface area contributed by atoms with Crippen LogP contribution in [0, 0.1) is 0 Å². The standard InChI is InChI=1S/C74H141NO5/c1-3-5-7-9-11-13-15-17-19-21-23-24-27-31-34-38-42-46-50-54-58-62-66-72(77)71(70-76)75-73(78)67-63-59-55-51-47-43-39-35-32-28-25-26-29-33-37-41-45-49-53-57-61-65-69-80-74(79)68-64-60-56-52-48-44-40-36-30-22-20-18-16-14-12-10-8-6-4-2/h12,14,18,20,62,66,71-72,76-77H,3-11,13,15-17,19,21-61,63-65,67-70H2,1-2H3,(H,75,78)/b14-12-,20-18-,66-62+. The van der Waals surface area contributed by atoms with Gasteiger partial charge in [-0.2, -0.15) is 0 Å². The van der Waals surface area contributed by atoms with Crippen molar-refractivity contribution in [2.24, 2.45) is 0 Å². The first-order valence-corrected chi connectivity index (χ1v) is 36.3. The molecule has 0 aliphatic heterocycles. The summed E-state index contributed by atoms with van der Waals surface area (Å²) in [4.78, 5) is 24.7. The normalized spacial score (nSPS) is 12.7. The number of aliphatic hydroxyl groups excluding tert-OH is 2. The molecule has 0 aromatic carbocycles. The minimum Gasteiger partial charge on any atom is -0.466 e. The first-order chi connectivity index (χ1) is 39.5. The molecule has 3 N–H and O–H groups in total. The van der Waals surface area contributed by atoms with Crippen LogP contribution in [0.3, 0.4) is 0 Å². The zero-order valence-electron chi connectivity index (χ0n) is 54.1. The van der Waals surface area contributed by atoms with E-state index in [0.29, 0.717) is 19.4 Å². The van der Waals surface area contributed by atoms with Crippen LogP contribution < -0.4 is 5.32 Å². The van der Waals surface area contributed by atoms with Crippen molar-refractivity contribution in [3.8, 4) is 0 Å². The van der Waals surface area contributed by atoms with E-state index in [0.717, 1.165) is 51.4 Å². The number of hydrogen-bond acceptors (Lipinski definition) is 5. The quantitative estimate of drug-likeness (QED) is 0.0320. The first kappa shape index (κ1) is 78.1. The average Bonchev–Trinajstić information content (AvgIpc) is 3.46. The molecule has 0 heterocycles. The molecular formula is C74H141NO5. The molecule has 6 nitrogen and oxygen atoms in total. The fourth-order valence-corrected chi connectivity index (χ4v) is 11.4. The summed E-state index contributed by atoms with van der Waals surface area (Å²) in [6, 6.07) is -0.630. The number of rotatable bonds is 68. The van der Waals surface area contributed by atoms with E-state index in [1.54, 1.807) is 6.08 Å². The number of aliphatic hydroxyl groups is 2. The highest BCUT2D eigenvalue weighted by Gasteiger charge is 2.18. The van der Waals surface area contributed by atoms with Crippen LogP contribution >= 0.6 is 0 Å². The molecule has 0 spiro atoms. The van der Waals surface area contributed by atoms with Gasteiger partial charge in [-0.15, -0.1) is 0 Å². The number of hydrogen-bond donors (Lipinski definition) is 3. The van der Waals surface area contributed by atoms with Crippen molar-refractivity contribution in [3.05, 3.63) is 36.5 Å². The largest absolute Gasteiger partial charge is 0.466 e. The van der Waals surface area contributed by atoms with Gasteiger partial charge in [-0.3, -0.25) is 9.59 Å². The van der Waals surface area contributed by atoms with Gasteiger partial charge in [0.15, 0.2) is 0 Å². The summed E-state index contributed by atoms with van der Waals surface area (Å²) in [6.07, 6.45) is 89.3. The fraction of sp³-hybridized carbons (Fsp3) is 0.892. The lowest BCUT2D eigenvalue weighted by Crippen LogP contribution is -2.45. The Morgan fingerprint density at radius 1 is 0.350 bits per heavy atom. The van der Waals surface area contributed by atoms with Gasteiger partial charge >= 0.3 is 5.97 Å². The summed E-state index contributed by atoms with van der Waals surface area (Å²) in [5.74, 6) is -0.0545. The number of nitrogens with one attached hydrogen (secondary N) is 1. The molecule has 0 rings (SSSR count). The molecular weight excluding hydrogens is 983 g/mol. The van der Waals surface area contributed by atoms with Crippen LogP contribution in [-0.2, 0) is 14.3 Å². The fourth-order valence-electron chi connectivity index (χ4n) is 11.4. The molecule has 0 aliphatic carbocycles. The van der Waals surface area contributed by atoms with Gasteiger partial charge in [0.1, 0.15) is 0 Å². The van der Waals surface area contributed by atoms with Gasteiger partial charge < -0.3 is 20.3 Å². The summed E-state index contributed by atoms with van der Waals surface area (Å²) >= 11 is 0. The van der Waals surface area contributed by atoms with Gasteiger partial charge in [0.05, 0.1) is 25.4 Å². The number of unbranched alkanes of at least 4 members (excludes halogenated alkanes) is 53. The Kier molecular flexibility index (Phi) is 67.9. The van der Waals surface area contributed by atoms with E-state index in [2.05, 4.69) is 43.5 Å². The first-order valence-electron chi connectivity index (χ1n) is 36.3. The third-order valence-corrected chi connectivity index (χ3v) is 16.9. The van der Waals surface area contributed by atoms with Crippen LogP contribution in [0.15, 0.2) is 36.5 Å². The number of amides is 1. The second kappa shape index (κ2) is 69.6. The maximum absolute atomic E-state index is 12.5. The maximum atomic E-state index is 12.5. The number of carbonyl (C=O) groups excluding carboxylic acids is 2. The van der Waals surface area contributed by atoms with Gasteiger partial charge in [0.25, 0.3) is 0 Å². The van der Waals surface area contributed by atoms with Crippen molar-refractivity contribution in [1.29, 1.82) is 0 Å². The zero-order chi connectivity index (χ0) is 57.8. The lowest BCUT2D eigenvalue weighted by Gasteiger charge is -2.20. The molecule has 0 radical (unpaired) electrons. The number of allylic oxidation sites excluding steroid dienone is 5. The van der Waals surface area contributed by atoms with Crippen LogP contribution in [0.1, 0.15) is 399 Å². The molecule has 0 aromatic rings. The van der Waals surface area contributed by atoms with E-state index in [4.69, 9.17) is 4.74 Å². The van der Waals surface area contributed by atoms with Crippen molar-refractivity contribution in [2.75, 3.05) is 13.2 Å². The van der Waals surface area contributed by atoms with Crippen molar-refractivity contribution in [1.82, 2.24) is 5.32 Å². The summed E-state index contributed by atoms with van der Waals surface area (Å²) in [5, 5.41) is 23.3. The summed E-state index contributed by atoms with van der Waals surface area (Å²) in [7, 11) is 0. The molecule has 2 atom stereocenters. The molecule has 0 aliphatic rings.